The first kappa shape index (κ1) is 12.5. The molecule has 17 heavy (non-hydrogen) atoms. The molecule has 0 aliphatic carbocycles. The van der Waals surface area contributed by atoms with Gasteiger partial charge in [-0.3, -0.25) is 0 Å². The van der Waals surface area contributed by atoms with E-state index in [9.17, 15) is 4.39 Å². The molecule has 0 amide bonds. The van der Waals surface area contributed by atoms with Crippen LogP contribution >= 0.6 is 22.9 Å². The molecule has 1 atom stereocenters. The SMILES string of the molecule is CC(N)c1cnc(Cc2cccc(Cl)c2F)s1. The van der Waals surface area contributed by atoms with E-state index in [1.807, 2.05) is 6.92 Å². The number of nitrogens with zero attached hydrogens (tertiary/aromatic N) is 1. The standard InChI is InChI=1S/C12H12ClFN2S/c1-7(15)10-6-16-11(17-10)5-8-3-2-4-9(13)12(8)14/h2-4,6-7H,5,15H2,1H3. The number of halogens is 2. The molecular formula is C12H12ClFN2S. The number of hydrogen-bond acceptors (Lipinski definition) is 3. The van der Waals surface area contributed by atoms with Crippen LogP contribution in [0, 0.1) is 5.82 Å². The van der Waals surface area contributed by atoms with E-state index in [0.717, 1.165) is 9.88 Å². The van der Waals surface area contributed by atoms with Crippen molar-refractivity contribution in [2.45, 2.75) is 19.4 Å². The highest BCUT2D eigenvalue weighted by Gasteiger charge is 2.10. The number of nitrogens with two attached hydrogens (primary N) is 1. The van der Waals surface area contributed by atoms with Crippen molar-refractivity contribution in [2.75, 3.05) is 0 Å². The summed E-state index contributed by atoms with van der Waals surface area (Å²) in [4.78, 5) is 5.23. The summed E-state index contributed by atoms with van der Waals surface area (Å²) in [6, 6.07) is 4.95. The van der Waals surface area contributed by atoms with Gasteiger partial charge in [-0.25, -0.2) is 9.37 Å². The van der Waals surface area contributed by atoms with E-state index < -0.39 is 0 Å². The Kier molecular flexibility index (Phi) is 3.76. The van der Waals surface area contributed by atoms with E-state index in [4.69, 9.17) is 17.3 Å². The maximum atomic E-state index is 13.7. The molecule has 0 radical (unpaired) electrons. The van der Waals surface area contributed by atoms with E-state index in [-0.39, 0.29) is 16.9 Å². The van der Waals surface area contributed by atoms with E-state index in [2.05, 4.69) is 4.98 Å². The fourth-order valence-corrected chi connectivity index (χ4v) is 2.56. The fraction of sp³-hybridized carbons (Fsp3) is 0.250. The topological polar surface area (TPSA) is 38.9 Å². The first-order valence-corrected chi connectivity index (χ1v) is 6.40. The van der Waals surface area contributed by atoms with Crippen molar-refractivity contribution >= 4 is 22.9 Å². The lowest BCUT2D eigenvalue weighted by Crippen LogP contribution is -2.01. The van der Waals surface area contributed by atoms with E-state index in [1.165, 1.54) is 17.4 Å². The minimum Gasteiger partial charge on any atom is -0.323 e. The molecule has 0 fully saturated rings. The lowest BCUT2D eigenvalue weighted by Gasteiger charge is -2.02. The zero-order chi connectivity index (χ0) is 12.4. The Morgan fingerprint density at radius 1 is 1.53 bits per heavy atom. The number of thiazole rings is 1. The van der Waals surface area contributed by atoms with Crippen LogP contribution in [0.4, 0.5) is 4.39 Å². The molecule has 0 aliphatic heterocycles. The van der Waals surface area contributed by atoms with Gasteiger partial charge < -0.3 is 5.73 Å². The minimum atomic E-state index is -0.369. The van der Waals surface area contributed by atoms with Crippen LogP contribution in [0.2, 0.25) is 5.02 Å². The predicted octanol–water partition coefficient (Wildman–Crippen LogP) is 3.55. The first-order chi connectivity index (χ1) is 8.08. The molecule has 2 aromatic rings. The number of rotatable bonds is 3. The fourth-order valence-electron chi connectivity index (χ4n) is 1.46. The summed E-state index contributed by atoms with van der Waals surface area (Å²) in [6.07, 6.45) is 2.19. The summed E-state index contributed by atoms with van der Waals surface area (Å²) in [5.74, 6) is -0.369. The van der Waals surface area contributed by atoms with Gasteiger partial charge in [-0.15, -0.1) is 11.3 Å². The van der Waals surface area contributed by atoms with Crippen LogP contribution in [0.1, 0.15) is 28.4 Å². The monoisotopic (exact) mass is 270 g/mol. The summed E-state index contributed by atoms with van der Waals surface area (Å²) in [6.45, 7) is 1.90. The van der Waals surface area contributed by atoms with E-state index in [0.29, 0.717) is 12.0 Å². The van der Waals surface area contributed by atoms with Gasteiger partial charge >= 0.3 is 0 Å². The lowest BCUT2D eigenvalue weighted by molar-refractivity contribution is 0.614. The van der Waals surface area contributed by atoms with Crippen LogP contribution in [0.5, 0.6) is 0 Å². The van der Waals surface area contributed by atoms with Crippen molar-refractivity contribution in [1.82, 2.24) is 4.98 Å². The highest BCUT2D eigenvalue weighted by atomic mass is 35.5. The van der Waals surface area contributed by atoms with Gasteiger partial charge in [-0.1, -0.05) is 23.7 Å². The predicted molar refractivity (Wildman–Crippen MR) is 68.9 cm³/mol. The van der Waals surface area contributed by atoms with Gasteiger partial charge in [0.1, 0.15) is 5.82 Å². The lowest BCUT2D eigenvalue weighted by atomic mass is 10.1. The van der Waals surface area contributed by atoms with Crippen molar-refractivity contribution in [3.05, 3.63) is 50.7 Å². The largest absolute Gasteiger partial charge is 0.323 e. The van der Waals surface area contributed by atoms with Gasteiger partial charge in [0.25, 0.3) is 0 Å². The number of hydrogen-bond donors (Lipinski definition) is 1. The maximum Gasteiger partial charge on any atom is 0.145 e. The summed E-state index contributed by atoms with van der Waals surface area (Å²) >= 11 is 7.23. The zero-order valence-electron chi connectivity index (χ0n) is 9.28. The molecule has 1 unspecified atom stereocenters. The Hall–Kier alpha value is -0.970. The Bertz CT molecular complexity index is 525. The van der Waals surface area contributed by atoms with Gasteiger partial charge in [-0.05, 0) is 18.6 Å². The Balaban J connectivity index is 2.22. The summed E-state index contributed by atoms with van der Waals surface area (Å²) in [7, 11) is 0. The average molecular weight is 271 g/mol. The zero-order valence-corrected chi connectivity index (χ0v) is 10.9. The molecule has 2 rings (SSSR count). The summed E-state index contributed by atoms with van der Waals surface area (Å²) in [5, 5.41) is 0.991. The molecule has 0 aliphatic rings. The first-order valence-electron chi connectivity index (χ1n) is 5.21. The molecular weight excluding hydrogens is 259 g/mol. The molecule has 1 aromatic heterocycles. The quantitative estimate of drug-likeness (QED) is 0.926. The second-order valence-corrected chi connectivity index (χ2v) is 5.39. The van der Waals surface area contributed by atoms with Crippen molar-refractivity contribution in [3.63, 3.8) is 0 Å². The average Bonchev–Trinajstić information content (AvgIpc) is 2.73. The summed E-state index contributed by atoms with van der Waals surface area (Å²) in [5.41, 5.74) is 6.31. The van der Waals surface area contributed by atoms with Crippen LogP contribution in [0.15, 0.2) is 24.4 Å². The van der Waals surface area contributed by atoms with Crippen molar-refractivity contribution < 1.29 is 4.39 Å². The molecule has 0 saturated heterocycles. The second-order valence-electron chi connectivity index (χ2n) is 3.83. The Morgan fingerprint density at radius 2 is 2.29 bits per heavy atom. The maximum absolute atomic E-state index is 13.7. The number of benzene rings is 1. The van der Waals surface area contributed by atoms with Gasteiger partial charge in [0.2, 0.25) is 0 Å². The third-order valence-corrected chi connectivity index (χ3v) is 3.88. The van der Waals surface area contributed by atoms with Crippen LogP contribution in [0.3, 0.4) is 0 Å². The van der Waals surface area contributed by atoms with Crippen LogP contribution in [0.25, 0.3) is 0 Å². The van der Waals surface area contributed by atoms with Crippen molar-refractivity contribution in [3.8, 4) is 0 Å². The molecule has 0 saturated carbocycles. The molecule has 0 spiro atoms. The Morgan fingerprint density at radius 3 is 2.94 bits per heavy atom. The van der Waals surface area contributed by atoms with Crippen molar-refractivity contribution in [2.24, 2.45) is 5.73 Å². The van der Waals surface area contributed by atoms with Gasteiger partial charge in [-0.2, -0.15) is 0 Å². The third kappa shape index (κ3) is 2.83. The van der Waals surface area contributed by atoms with Gasteiger partial charge in [0.15, 0.2) is 0 Å². The second kappa shape index (κ2) is 5.12. The molecule has 1 heterocycles. The van der Waals surface area contributed by atoms with E-state index >= 15 is 0 Å². The molecule has 5 heteroatoms. The highest BCUT2D eigenvalue weighted by Crippen LogP contribution is 2.24. The normalized spacial score (nSPS) is 12.7. The van der Waals surface area contributed by atoms with Gasteiger partial charge in [0, 0.05) is 23.5 Å². The number of aromatic nitrogens is 1. The third-order valence-electron chi connectivity index (χ3n) is 2.39. The Labute approximate surface area is 108 Å². The van der Waals surface area contributed by atoms with Gasteiger partial charge in [0.05, 0.1) is 10.0 Å². The van der Waals surface area contributed by atoms with Crippen molar-refractivity contribution in [1.29, 1.82) is 0 Å². The molecule has 2 nitrogen and oxygen atoms in total. The highest BCUT2D eigenvalue weighted by molar-refractivity contribution is 7.11. The smallest absolute Gasteiger partial charge is 0.145 e. The summed E-state index contributed by atoms with van der Waals surface area (Å²) < 4.78 is 13.7. The molecule has 0 bridgehead atoms. The van der Waals surface area contributed by atoms with Crippen LogP contribution in [-0.4, -0.2) is 4.98 Å². The minimum absolute atomic E-state index is 0.0366. The molecule has 90 valence electrons. The molecule has 1 aromatic carbocycles. The van der Waals surface area contributed by atoms with E-state index in [1.54, 1.807) is 18.3 Å². The van der Waals surface area contributed by atoms with Crippen LogP contribution < -0.4 is 5.73 Å². The van der Waals surface area contributed by atoms with Crippen LogP contribution in [-0.2, 0) is 6.42 Å². The molecule has 2 N–H and O–H groups in total.